The van der Waals surface area contributed by atoms with Crippen LogP contribution in [-0.2, 0) is 14.8 Å². The van der Waals surface area contributed by atoms with Crippen LogP contribution < -0.4 is 9.88 Å². The van der Waals surface area contributed by atoms with E-state index in [0.717, 1.165) is 0 Å². The number of hydrogen-bond acceptors (Lipinski definition) is 4. The number of halogens is 2. The number of sulfonamides is 1. The Kier molecular flexibility index (Phi) is 5.00. The molecule has 0 aliphatic heterocycles. The Morgan fingerprint density at radius 2 is 1.94 bits per heavy atom. The van der Waals surface area contributed by atoms with E-state index >= 15 is 0 Å². The highest BCUT2D eigenvalue weighted by atomic mass is 32.2. The molecule has 0 saturated carbocycles. The summed E-state index contributed by atoms with van der Waals surface area (Å²) in [6.45, 7) is 0.395. The van der Waals surface area contributed by atoms with Crippen molar-refractivity contribution < 1.29 is 26.7 Å². The minimum Gasteiger partial charge on any atom is -0.489 e. The van der Waals surface area contributed by atoms with E-state index in [-0.39, 0.29) is 6.61 Å². The summed E-state index contributed by atoms with van der Waals surface area (Å²) in [5.41, 5.74) is 0. The van der Waals surface area contributed by atoms with Crippen LogP contribution in [-0.4, -0.2) is 28.7 Å². The maximum absolute atomic E-state index is 13.4. The number of benzene rings is 1. The second kappa shape index (κ2) is 6.07. The van der Waals surface area contributed by atoms with Crippen LogP contribution in [0.2, 0.25) is 0 Å². The number of ether oxygens (including phenoxy) is 2. The summed E-state index contributed by atoms with van der Waals surface area (Å²) in [5, 5.41) is 4.86. The molecule has 18 heavy (non-hydrogen) atoms. The van der Waals surface area contributed by atoms with Crippen molar-refractivity contribution in [2.45, 2.75) is 11.3 Å². The molecule has 0 radical (unpaired) electrons. The Bertz CT molecular complexity index is 519. The van der Waals surface area contributed by atoms with Crippen LogP contribution >= 0.6 is 0 Å². The number of nitrogens with two attached hydrogens (primary N) is 1. The molecule has 1 aromatic carbocycles. The first-order chi connectivity index (χ1) is 8.36. The molecule has 1 aromatic rings. The van der Waals surface area contributed by atoms with Gasteiger partial charge in [-0.1, -0.05) is 0 Å². The van der Waals surface area contributed by atoms with E-state index in [2.05, 4.69) is 0 Å². The van der Waals surface area contributed by atoms with Crippen molar-refractivity contribution in [3.05, 3.63) is 23.8 Å². The Morgan fingerprint density at radius 3 is 2.50 bits per heavy atom. The van der Waals surface area contributed by atoms with E-state index in [4.69, 9.17) is 14.6 Å². The zero-order valence-electron chi connectivity index (χ0n) is 9.65. The van der Waals surface area contributed by atoms with Gasteiger partial charge in [-0.3, -0.25) is 0 Å². The lowest BCUT2D eigenvalue weighted by molar-refractivity contribution is 0.169. The molecule has 0 bridgehead atoms. The van der Waals surface area contributed by atoms with E-state index in [1.807, 2.05) is 0 Å². The van der Waals surface area contributed by atoms with Crippen LogP contribution in [0.1, 0.15) is 6.42 Å². The van der Waals surface area contributed by atoms with E-state index in [9.17, 15) is 17.2 Å². The highest BCUT2D eigenvalue weighted by molar-refractivity contribution is 7.89. The zero-order valence-corrected chi connectivity index (χ0v) is 10.5. The van der Waals surface area contributed by atoms with Crippen LogP contribution in [0.25, 0.3) is 0 Å². The monoisotopic (exact) mass is 281 g/mol. The van der Waals surface area contributed by atoms with Crippen molar-refractivity contribution in [1.29, 1.82) is 0 Å². The molecule has 0 aliphatic rings. The molecule has 0 heterocycles. The van der Waals surface area contributed by atoms with Gasteiger partial charge in [-0.25, -0.2) is 22.3 Å². The molecular weight excluding hydrogens is 268 g/mol. The average molecular weight is 281 g/mol. The third-order valence-electron chi connectivity index (χ3n) is 2.02. The van der Waals surface area contributed by atoms with Gasteiger partial charge in [0.15, 0.2) is 11.6 Å². The fourth-order valence-corrected chi connectivity index (χ4v) is 1.96. The second-order valence-electron chi connectivity index (χ2n) is 3.45. The van der Waals surface area contributed by atoms with Crippen LogP contribution in [0, 0.1) is 11.6 Å². The van der Waals surface area contributed by atoms with Gasteiger partial charge in [-0.05, 0) is 6.07 Å². The van der Waals surface area contributed by atoms with E-state index in [0.29, 0.717) is 25.2 Å². The minimum absolute atomic E-state index is 0.0267. The van der Waals surface area contributed by atoms with Crippen molar-refractivity contribution in [3.8, 4) is 5.75 Å². The molecular formula is C10H13F2NO4S. The molecule has 0 amide bonds. The fourth-order valence-electron chi connectivity index (χ4n) is 1.27. The van der Waals surface area contributed by atoms with Gasteiger partial charge < -0.3 is 9.47 Å². The zero-order chi connectivity index (χ0) is 13.8. The van der Waals surface area contributed by atoms with Crippen molar-refractivity contribution in [2.75, 3.05) is 20.3 Å². The third-order valence-corrected chi connectivity index (χ3v) is 2.94. The van der Waals surface area contributed by atoms with E-state index in [1.165, 1.54) is 7.11 Å². The quantitative estimate of drug-likeness (QED) is 0.790. The first-order valence-electron chi connectivity index (χ1n) is 5.00. The van der Waals surface area contributed by atoms with Crippen LogP contribution in [0.4, 0.5) is 8.78 Å². The topological polar surface area (TPSA) is 78.6 Å². The van der Waals surface area contributed by atoms with Gasteiger partial charge in [0.2, 0.25) is 10.0 Å². The number of methoxy groups -OCH3 is 1. The Hall–Kier alpha value is -1.25. The standard InChI is InChI=1S/C10H13F2NO4S/c1-16-3-2-4-17-10-8(12)5-7(11)6-9(10)18(13,14)15/h5-6H,2-4H2,1H3,(H2,13,14,15). The second-order valence-corrected chi connectivity index (χ2v) is 4.98. The predicted octanol–water partition coefficient (Wildman–Crippen LogP) is 1.03. The van der Waals surface area contributed by atoms with Gasteiger partial charge in [0.05, 0.1) is 6.61 Å². The van der Waals surface area contributed by atoms with E-state index < -0.39 is 32.3 Å². The molecule has 102 valence electrons. The fraction of sp³-hybridized carbons (Fsp3) is 0.400. The van der Waals surface area contributed by atoms with Crippen molar-refractivity contribution in [2.24, 2.45) is 5.14 Å². The maximum atomic E-state index is 13.4. The molecule has 0 aromatic heterocycles. The lowest BCUT2D eigenvalue weighted by Crippen LogP contribution is -2.16. The first-order valence-corrected chi connectivity index (χ1v) is 6.54. The summed E-state index contributed by atoms with van der Waals surface area (Å²) in [4.78, 5) is -0.711. The molecule has 2 N–H and O–H groups in total. The summed E-state index contributed by atoms with van der Waals surface area (Å²) in [7, 11) is -2.78. The Balaban J connectivity index is 3.02. The molecule has 8 heteroatoms. The molecule has 0 unspecified atom stereocenters. The SMILES string of the molecule is COCCCOc1c(F)cc(F)cc1S(N)(=O)=O. The van der Waals surface area contributed by atoms with Gasteiger partial charge in [-0.15, -0.1) is 0 Å². The third kappa shape index (κ3) is 3.90. The van der Waals surface area contributed by atoms with Crippen LogP contribution in [0.3, 0.4) is 0 Å². The lowest BCUT2D eigenvalue weighted by atomic mass is 10.3. The van der Waals surface area contributed by atoms with Crippen LogP contribution in [0.15, 0.2) is 17.0 Å². The predicted molar refractivity (Wildman–Crippen MR) is 59.7 cm³/mol. The highest BCUT2D eigenvalue weighted by Gasteiger charge is 2.21. The van der Waals surface area contributed by atoms with Gasteiger partial charge in [0.25, 0.3) is 0 Å². The van der Waals surface area contributed by atoms with E-state index in [1.54, 1.807) is 0 Å². The van der Waals surface area contributed by atoms with Gasteiger partial charge in [0.1, 0.15) is 10.7 Å². The van der Waals surface area contributed by atoms with Gasteiger partial charge in [0, 0.05) is 26.2 Å². The number of primary sulfonamides is 1. The normalized spacial score (nSPS) is 11.6. The molecule has 0 spiro atoms. The Labute approximate surface area is 104 Å². The largest absolute Gasteiger partial charge is 0.489 e. The highest BCUT2D eigenvalue weighted by Crippen LogP contribution is 2.27. The first kappa shape index (κ1) is 14.8. The van der Waals surface area contributed by atoms with Gasteiger partial charge in [-0.2, -0.15) is 0 Å². The summed E-state index contributed by atoms with van der Waals surface area (Å²) in [5.74, 6) is -2.73. The summed E-state index contributed by atoms with van der Waals surface area (Å²) >= 11 is 0. The molecule has 0 atom stereocenters. The molecule has 0 fully saturated rings. The number of hydrogen-bond donors (Lipinski definition) is 1. The molecule has 0 saturated heterocycles. The summed E-state index contributed by atoms with van der Waals surface area (Å²) in [6.07, 6.45) is 0.428. The maximum Gasteiger partial charge on any atom is 0.241 e. The molecule has 5 nitrogen and oxygen atoms in total. The summed E-state index contributed by atoms with van der Waals surface area (Å²) in [6, 6.07) is 1.14. The van der Waals surface area contributed by atoms with Gasteiger partial charge >= 0.3 is 0 Å². The van der Waals surface area contributed by atoms with Crippen molar-refractivity contribution >= 4 is 10.0 Å². The number of rotatable bonds is 6. The van der Waals surface area contributed by atoms with Crippen molar-refractivity contribution in [3.63, 3.8) is 0 Å². The summed E-state index contributed by atoms with van der Waals surface area (Å²) < 4.78 is 58.5. The Morgan fingerprint density at radius 1 is 1.28 bits per heavy atom. The average Bonchev–Trinajstić information content (AvgIpc) is 2.24. The smallest absolute Gasteiger partial charge is 0.241 e. The molecule has 0 aliphatic carbocycles. The van der Waals surface area contributed by atoms with Crippen molar-refractivity contribution in [1.82, 2.24) is 0 Å². The minimum atomic E-state index is -4.26. The molecule has 1 rings (SSSR count). The van der Waals surface area contributed by atoms with Crippen LogP contribution in [0.5, 0.6) is 5.75 Å². The lowest BCUT2D eigenvalue weighted by Gasteiger charge is -2.11.